The van der Waals surface area contributed by atoms with Gasteiger partial charge in [-0.1, -0.05) is 6.92 Å². The highest BCUT2D eigenvalue weighted by atomic mass is 32.2. The number of likely N-dealkylation sites (tertiary alicyclic amines) is 2. The van der Waals surface area contributed by atoms with Crippen LogP contribution in [0.2, 0.25) is 0 Å². The Morgan fingerprint density at radius 3 is 2.38 bits per heavy atom. The van der Waals surface area contributed by atoms with Gasteiger partial charge in [0.05, 0.1) is 35.9 Å². The van der Waals surface area contributed by atoms with Gasteiger partial charge in [0.25, 0.3) is 0 Å². The zero-order valence-corrected chi connectivity index (χ0v) is 22.5. The molecule has 204 valence electrons. The molecule has 0 aromatic carbocycles. The summed E-state index contributed by atoms with van der Waals surface area (Å²) in [4.78, 5) is 67.0. The Balaban J connectivity index is 1.32. The van der Waals surface area contributed by atoms with E-state index in [9.17, 15) is 34.2 Å². The maximum atomic E-state index is 13.2. The van der Waals surface area contributed by atoms with E-state index in [1.807, 2.05) is 27.7 Å². The van der Waals surface area contributed by atoms with Crippen LogP contribution in [-0.2, 0) is 19.2 Å². The van der Waals surface area contributed by atoms with Gasteiger partial charge in [-0.15, -0.1) is 11.8 Å². The summed E-state index contributed by atoms with van der Waals surface area (Å²) in [6.07, 6.45) is -0.368. The van der Waals surface area contributed by atoms with Gasteiger partial charge in [-0.25, -0.2) is 9.59 Å². The molecule has 0 aliphatic carbocycles. The molecule has 0 aromatic rings. The van der Waals surface area contributed by atoms with Gasteiger partial charge in [0.1, 0.15) is 5.70 Å². The number of hydrogen-bond donors (Lipinski definition) is 4. The number of nitrogens with zero attached hydrogens (tertiary/aromatic N) is 3. The number of thioether (sulfide) groups is 1. The van der Waals surface area contributed by atoms with Crippen molar-refractivity contribution in [3.8, 4) is 0 Å². The molecule has 4 N–H and O–H groups in total. The van der Waals surface area contributed by atoms with Crippen molar-refractivity contribution in [2.24, 2.45) is 11.8 Å². The second kappa shape index (κ2) is 9.91. The van der Waals surface area contributed by atoms with Gasteiger partial charge < -0.3 is 30.2 Å². The highest BCUT2D eigenvalue weighted by Crippen LogP contribution is 2.52. The summed E-state index contributed by atoms with van der Waals surface area (Å²) in [7, 11) is 0. The van der Waals surface area contributed by atoms with E-state index in [2.05, 4.69) is 10.6 Å². The number of carbonyl (C=O) groups excluding carboxylic acids is 4. The third-order valence-electron chi connectivity index (χ3n) is 7.39. The van der Waals surface area contributed by atoms with Crippen LogP contribution in [0.3, 0.4) is 0 Å². The van der Waals surface area contributed by atoms with Crippen molar-refractivity contribution in [1.82, 2.24) is 25.3 Å². The first-order valence-electron chi connectivity index (χ1n) is 12.5. The van der Waals surface area contributed by atoms with Crippen LogP contribution >= 0.6 is 11.8 Å². The maximum absolute atomic E-state index is 13.2. The summed E-state index contributed by atoms with van der Waals surface area (Å²) in [6, 6.07) is -1.08. The summed E-state index contributed by atoms with van der Waals surface area (Å²) in [6.45, 7) is 10.2. The molecule has 0 saturated carbocycles. The van der Waals surface area contributed by atoms with Crippen LogP contribution in [-0.4, -0.2) is 110 Å². The Morgan fingerprint density at radius 2 is 1.81 bits per heavy atom. The zero-order chi connectivity index (χ0) is 27.4. The average Bonchev–Trinajstić information content (AvgIpc) is 3.21. The minimum absolute atomic E-state index is 0.0183. The molecule has 5 atom stereocenters. The Kier molecular flexibility index (Phi) is 7.34. The Morgan fingerprint density at radius 1 is 1.16 bits per heavy atom. The molecule has 37 heavy (non-hydrogen) atoms. The van der Waals surface area contributed by atoms with Gasteiger partial charge in [0.15, 0.2) is 0 Å². The van der Waals surface area contributed by atoms with Gasteiger partial charge in [-0.3, -0.25) is 19.7 Å². The molecular formula is C24H35N5O7S. The number of aliphatic hydroxyl groups is 1. The van der Waals surface area contributed by atoms with Crippen LogP contribution < -0.4 is 10.6 Å². The summed E-state index contributed by atoms with van der Waals surface area (Å²) >= 11 is 1.20. The SMILES string of the molecule is C[C@@H](O)[C@H]1C(=O)N2C(C(=O)O)=C(S[C@H]3CCN(C4CN(C(=O)NC(=O)CNC(C)(C)C)C4)C3=O)[C@H](C)[C@H]12. The predicted octanol–water partition coefficient (Wildman–Crippen LogP) is -0.217. The molecule has 13 heteroatoms. The zero-order valence-electron chi connectivity index (χ0n) is 21.7. The predicted molar refractivity (Wildman–Crippen MR) is 134 cm³/mol. The lowest BCUT2D eigenvalue weighted by molar-refractivity contribution is -0.163. The molecule has 5 amide bonds. The third-order valence-corrected chi connectivity index (χ3v) is 8.93. The Hall–Kier alpha value is -2.64. The lowest BCUT2D eigenvalue weighted by Crippen LogP contribution is -2.64. The van der Waals surface area contributed by atoms with Gasteiger partial charge in [0, 0.05) is 36.0 Å². The molecule has 0 aromatic heterocycles. The number of hydrogen-bond acceptors (Lipinski definition) is 8. The molecule has 12 nitrogen and oxygen atoms in total. The van der Waals surface area contributed by atoms with Crippen LogP contribution in [0.1, 0.15) is 41.0 Å². The molecule has 0 bridgehead atoms. The lowest BCUT2D eigenvalue weighted by atomic mass is 9.79. The highest BCUT2D eigenvalue weighted by Gasteiger charge is 2.60. The molecule has 4 aliphatic heterocycles. The van der Waals surface area contributed by atoms with E-state index in [-0.39, 0.29) is 35.6 Å². The monoisotopic (exact) mass is 537 g/mol. The highest BCUT2D eigenvalue weighted by molar-refractivity contribution is 8.04. The van der Waals surface area contributed by atoms with Crippen molar-refractivity contribution >= 4 is 41.5 Å². The number of carboxylic acids is 1. The van der Waals surface area contributed by atoms with E-state index < -0.39 is 47.1 Å². The minimum Gasteiger partial charge on any atom is -0.477 e. The number of β-lactam (4-membered cyclic amide) rings is 1. The van der Waals surface area contributed by atoms with Crippen molar-refractivity contribution < 1.29 is 34.2 Å². The van der Waals surface area contributed by atoms with Crippen molar-refractivity contribution in [2.45, 2.75) is 70.0 Å². The molecule has 4 aliphatic rings. The molecular weight excluding hydrogens is 502 g/mol. The van der Waals surface area contributed by atoms with Crippen molar-refractivity contribution in [3.05, 3.63) is 10.6 Å². The van der Waals surface area contributed by atoms with Gasteiger partial charge in [-0.2, -0.15) is 0 Å². The number of aliphatic carboxylic acids is 1. The van der Waals surface area contributed by atoms with Gasteiger partial charge in [-0.05, 0) is 34.1 Å². The van der Waals surface area contributed by atoms with Gasteiger partial charge in [0.2, 0.25) is 17.7 Å². The summed E-state index contributed by atoms with van der Waals surface area (Å²) in [5.74, 6) is -3.13. The summed E-state index contributed by atoms with van der Waals surface area (Å²) in [5.41, 5.74) is -0.344. The largest absolute Gasteiger partial charge is 0.477 e. The first kappa shape index (κ1) is 27.4. The van der Waals surface area contributed by atoms with Crippen LogP contribution in [0.5, 0.6) is 0 Å². The van der Waals surface area contributed by atoms with Crippen molar-refractivity contribution in [3.63, 3.8) is 0 Å². The smallest absolute Gasteiger partial charge is 0.353 e. The van der Waals surface area contributed by atoms with Gasteiger partial charge >= 0.3 is 12.0 Å². The fourth-order valence-corrected chi connectivity index (χ4v) is 6.80. The van der Waals surface area contributed by atoms with Crippen molar-refractivity contribution in [1.29, 1.82) is 0 Å². The van der Waals surface area contributed by atoms with E-state index in [1.165, 1.54) is 28.5 Å². The molecule has 0 radical (unpaired) electrons. The molecule has 0 spiro atoms. The van der Waals surface area contributed by atoms with E-state index in [0.717, 1.165) is 0 Å². The topological polar surface area (TPSA) is 160 Å². The number of carbonyl (C=O) groups is 5. The van der Waals surface area contributed by atoms with E-state index >= 15 is 0 Å². The molecule has 3 saturated heterocycles. The fraction of sp³-hybridized carbons (Fsp3) is 0.708. The number of rotatable bonds is 7. The summed E-state index contributed by atoms with van der Waals surface area (Å²) < 4.78 is 0. The number of imide groups is 1. The molecule has 3 fully saturated rings. The lowest BCUT2D eigenvalue weighted by Gasteiger charge is -2.46. The number of fused-ring (bicyclic) bond motifs is 1. The second-order valence-corrected chi connectivity index (χ2v) is 12.5. The Labute approximate surface area is 219 Å². The van der Waals surface area contributed by atoms with Crippen LogP contribution in [0.4, 0.5) is 4.79 Å². The number of nitrogens with one attached hydrogen (secondary N) is 2. The quantitative estimate of drug-likeness (QED) is 0.322. The van der Waals surface area contributed by atoms with Crippen LogP contribution in [0.15, 0.2) is 10.6 Å². The first-order chi connectivity index (χ1) is 17.2. The molecule has 4 rings (SSSR count). The average molecular weight is 538 g/mol. The Bertz CT molecular complexity index is 1050. The fourth-order valence-electron chi connectivity index (χ4n) is 5.38. The maximum Gasteiger partial charge on any atom is 0.353 e. The van der Waals surface area contributed by atoms with Crippen LogP contribution in [0, 0.1) is 11.8 Å². The molecule has 0 unspecified atom stereocenters. The van der Waals surface area contributed by atoms with E-state index in [1.54, 1.807) is 4.90 Å². The normalized spacial score (nSPS) is 28.8. The number of carboxylic acid groups (broad SMARTS) is 1. The van der Waals surface area contributed by atoms with Crippen molar-refractivity contribution in [2.75, 3.05) is 26.2 Å². The standard InChI is InChI=1S/C24H35N5O7S/c1-11-17-16(12(2)30)21(33)29(17)18(22(34)35)19(11)37-14-6-7-28(20(14)32)13-9-27(10-13)23(36)26-15(31)8-25-24(3,4)5/h11-14,16-17,25,30H,6-10H2,1-5H3,(H,34,35)(H,26,31,36)/t11-,12-,14+,16-,17-/m1/s1. The number of urea groups is 1. The minimum atomic E-state index is -1.22. The number of aliphatic hydroxyl groups excluding tert-OH is 1. The third kappa shape index (κ3) is 5.08. The van der Waals surface area contributed by atoms with Crippen LogP contribution in [0.25, 0.3) is 0 Å². The first-order valence-corrected chi connectivity index (χ1v) is 13.4. The number of amides is 5. The second-order valence-electron chi connectivity index (χ2n) is 11.2. The van der Waals surface area contributed by atoms with E-state index in [0.29, 0.717) is 31.0 Å². The summed E-state index contributed by atoms with van der Waals surface area (Å²) in [5, 5.41) is 24.7. The van der Waals surface area contributed by atoms with E-state index in [4.69, 9.17) is 0 Å². The molecule has 4 heterocycles.